The highest BCUT2D eigenvalue weighted by Crippen LogP contribution is 2.35. The maximum absolute atomic E-state index is 13.6. The number of fused-ring (bicyclic) bond motifs is 2. The summed E-state index contributed by atoms with van der Waals surface area (Å²) >= 11 is 0. The average molecular weight is 403 g/mol. The molecule has 31 heavy (non-hydrogen) atoms. The molecule has 0 amide bonds. The third kappa shape index (κ3) is 3.34. The van der Waals surface area contributed by atoms with E-state index in [1.54, 1.807) is 18.2 Å². The van der Waals surface area contributed by atoms with Crippen LogP contribution < -0.4 is 5.73 Å². The molecule has 4 aromatic rings. The van der Waals surface area contributed by atoms with Gasteiger partial charge in [-0.25, -0.2) is 0 Å². The minimum absolute atomic E-state index is 0.106. The summed E-state index contributed by atoms with van der Waals surface area (Å²) in [5, 5.41) is 0. The van der Waals surface area contributed by atoms with Gasteiger partial charge in [0.05, 0.1) is 0 Å². The summed E-state index contributed by atoms with van der Waals surface area (Å²) in [5.74, 6) is -0.233. The second-order valence-corrected chi connectivity index (χ2v) is 7.88. The summed E-state index contributed by atoms with van der Waals surface area (Å²) in [4.78, 5) is 27.2. The van der Waals surface area contributed by atoms with Gasteiger partial charge in [-0.3, -0.25) is 9.59 Å². The molecule has 0 radical (unpaired) electrons. The molecule has 3 nitrogen and oxygen atoms in total. The predicted octanol–water partition coefficient (Wildman–Crippen LogP) is 5.23. The van der Waals surface area contributed by atoms with Crippen molar-refractivity contribution in [1.82, 2.24) is 0 Å². The Kier molecular flexibility index (Phi) is 4.72. The Morgan fingerprint density at radius 3 is 1.81 bits per heavy atom. The zero-order valence-corrected chi connectivity index (χ0v) is 17.0. The molecule has 0 unspecified atom stereocenters. The molecular weight excluding hydrogens is 382 g/mol. The van der Waals surface area contributed by atoms with E-state index in [1.165, 1.54) is 0 Å². The minimum Gasteiger partial charge on any atom is -0.398 e. The molecule has 0 aliphatic heterocycles. The lowest BCUT2D eigenvalue weighted by molar-refractivity contribution is 0.0978. The first-order valence-corrected chi connectivity index (χ1v) is 10.3. The number of carbonyl (C=O) groups is 2. The molecule has 0 spiro atoms. The zero-order chi connectivity index (χ0) is 21.4. The first-order valence-electron chi connectivity index (χ1n) is 10.3. The lowest BCUT2D eigenvalue weighted by Crippen LogP contribution is -2.25. The van der Waals surface area contributed by atoms with E-state index < -0.39 is 0 Å². The van der Waals surface area contributed by atoms with Crippen molar-refractivity contribution in [2.75, 3.05) is 5.73 Å². The monoisotopic (exact) mass is 403 g/mol. The highest BCUT2D eigenvalue weighted by atomic mass is 16.1. The SMILES string of the molecule is Nc1ccc2c(c1Cc1ccccc1)C(=O)c1cccc(Cc3ccccc3)c1C2=O. The predicted molar refractivity (Wildman–Crippen MR) is 123 cm³/mol. The number of carbonyl (C=O) groups excluding carboxylic acids is 2. The average Bonchev–Trinajstić information content (AvgIpc) is 2.80. The fraction of sp³-hybridized carbons (Fsp3) is 0.0714. The van der Waals surface area contributed by atoms with Crippen molar-refractivity contribution in [1.29, 1.82) is 0 Å². The van der Waals surface area contributed by atoms with E-state index in [0.717, 1.165) is 22.3 Å². The van der Waals surface area contributed by atoms with Gasteiger partial charge in [-0.1, -0.05) is 78.9 Å². The Hall–Kier alpha value is -3.98. The highest BCUT2D eigenvalue weighted by molar-refractivity contribution is 6.29. The zero-order valence-electron chi connectivity index (χ0n) is 17.0. The second-order valence-electron chi connectivity index (χ2n) is 7.88. The smallest absolute Gasteiger partial charge is 0.194 e. The third-order valence-corrected chi connectivity index (χ3v) is 5.90. The number of anilines is 1. The van der Waals surface area contributed by atoms with E-state index in [-0.39, 0.29) is 11.6 Å². The standard InChI is InChI=1S/C28H21NO2/c29-24-15-14-22-26(23(24)17-19-10-5-2-6-11-19)28(31)21-13-7-12-20(25(21)27(22)30)16-18-8-3-1-4-9-18/h1-15H,16-17,29H2. The molecule has 150 valence electrons. The first-order chi connectivity index (χ1) is 15.1. The topological polar surface area (TPSA) is 60.2 Å². The van der Waals surface area contributed by atoms with Gasteiger partial charge in [0, 0.05) is 34.4 Å². The Labute approximate surface area is 181 Å². The van der Waals surface area contributed by atoms with Gasteiger partial charge in [0.15, 0.2) is 11.6 Å². The molecule has 4 aromatic carbocycles. The van der Waals surface area contributed by atoms with Crippen molar-refractivity contribution in [2.45, 2.75) is 12.8 Å². The van der Waals surface area contributed by atoms with Crippen LogP contribution >= 0.6 is 0 Å². The molecule has 0 bridgehead atoms. The Morgan fingerprint density at radius 1 is 0.548 bits per heavy atom. The van der Waals surface area contributed by atoms with Gasteiger partial charge < -0.3 is 5.73 Å². The lowest BCUT2D eigenvalue weighted by atomic mass is 9.78. The quantitative estimate of drug-likeness (QED) is 0.418. The van der Waals surface area contributed by atoms with E-state index in [4.69, 9.17) is 5.73 Å². The lowest BCUT2D eigenvalue weighted by Gasteiger charge is -2.23. The molecule has 0 saturated carbocycles. The van der Waals surface area contributed by atoms with Crippen LogP contribution in [0.2, 0.25) is 0 Å². The summed E-state index contributed by atoms with van der Waals surface area (Å²) in [6.45, 7) is 0. The van der Waals surface area contributed by atoms with Crippen LogP contribution in [0, 0.1) is 0 Å². The number of rotatable bonds is 4. The van der Waals surface area contributed by atoms with Crippen LogP contribution in [0.15, 0.2) is 91.0 Å². The van der Waals surface area contributed by atoms with E-state index in [1.807, 2.05) is 72.8 Å². The number of benzene rings is 4. The van der Waals surface area contributed by atoms with Crippen LogP contribution in [0.25, 0.3) is 0 Å². The highest BCUT2D eigenvalue weighted by Gasteiger charge is 2.34. The summed E-state index contributed by atoms with van der Waals surface area (Å²) in [7, 11) is 0. The molecule has 3 heteroatoms. The molecule has 0 heterocycles. The number of hydrogen-bond donors (Lipinski definition) is 1. The van der Waals surface area contributed by atoms with E-state index in [0.29, 0.717) is 40.8 Å². The van der Waals surface area contributed by atoms with E-state index in [2.05, 4.69) is 0 Å². The Bertz CT molecular complexity index is 1310. The van der Waals surface area contributed by atoms with Gasteiger partial charge in [0.1, 0.15) is 0 Å². The maximum Gasteiger partial charge on any atom is 0.194 e. The van der Waals surface area contributed by atoms with Crippen LogP contribution in [0.4, 0.5) is 5.69 Å². The number of nitrogens with two attached hydrogens (primary N) is 1. The third-order valence-electron chi connectivity index (χ3n) is 5.90. The fourth-order valence-electron chi connectivity index (χ4n) is 4.39. The molecular formula is C28H21NO2. The molecule has 0 fully saturated rings. The van der Waals surface area contributed by atoms with Crippen molar-refractivity contribution in [3.05, 3.63) is 136 Å². The van der Waals surface area contributed by atoms with Gasteiger partial charge in [-0.2, -0.15) is 0 Å². The molecule has 1 aliphatic rings. The summed E-state index contributed by atoms with van der Waals surface area (Å²) in [6, 6.07) is 28.8. The van der Waals surface area contributed by atoms with E-state index in [9.17, 15) is 9.59 Å². The van der Waals surface area contributed by atoms with Crippen LogP contribution in [0.1, 0.15) is 54.1 Å². The molecule has 0 saturated heterocycles. The van der Waals surface area contributed by atoms with Crippen molar-refractivity contribution >= 4 is 17.3 Å². The summed E-state index contributed by atoms with van der Waals surface area (Å²) in [5.41, 5.74) is 12.4. The van der Waals surface area contributed by atoms with Gasteiger partial charge in [-0.15, -0.1) is 0 Å². The van der Waals surface area contributed by atoms with Gasteiger partial charge in [-0.05, 0) is 40.8 Å². The molecule has 1 aliphatic carbocycles. The number of hydrogen-bond acceptors (Lipinski definition) is 3. The van der Waals surface area contributed by atoms with E-state index >= 15 is 0 Å². The molecule has 0 aromatic heterocycles. The first kappa shape index (κ1) is 19.0. The van der Waals surface area contributed by atoms with Crippen molar-refractivity contribution in [2.24, 2.45) is 0 Å². The van der Waals surface area contributed by atoms with Crippen LogP contribution in [0.3, 0.4) is 0 Å². The molecule has 5 rings (SSSR count). The fourth-order valence-corrected chi connectivity index (χ4v) is 4.39. The largest absolute Gasteiger partial charge is 0.398 e. The Morgan fingerprint density at radius 2 is 1.13 bits per heavy atom. The number of nitrogen functional groups attached to an aromatic ring is 1. The molecule has 2 N–H and O–H groups in total. The maximum atomic E-state index is 13.6. The summed E-state index contributed by atoms with van der Waals surface area (Å²) in [6.07, 6.45) is 1.11. The minimum atomic E-state index is -0.127. The van der Waals surface area contributed by atoms with Crippen LogP contribution in [-0.2, 0) is 12.8 Å². The molecule has 0 atom stereocenters. The van der Waals surface area contributed by atoms with Gasteiger partial charge in [0.25, 0.3) is 0 Å². The number of ketones is 2. The summed E-state index contributed by atoms with van der Waals surface area (Å²) < 4.78 is 0. The van der Waals surface area contributed by atoms with Crippen molar-refractivity contribution in [3.63, 3.8) is 0 Å². The van der Waals surface area contributed by atoms with Crippen LogP contribution in [-0.4, -0.2) is 11.6 Å². The normalized spacial score (nSPS) is 12.4. The van der Waals surface area contributed by atoms with Gasteiger partial charge >= 0.3 is 0 Å². The second kappa shape index (κ2) is 7.69. The van der Waals surface area contributed by atoms with Crippen molar-refractivity contribution in [3.8, 4) is 0 Å². The van der Waals surface area contributed by atoms with Crippen LogP contribution in [0.5, 0.6) is 0 Å². The Balaban J connectivity index is 1.63. The van der Waals surface area contributed by atoms with Gasteiger partial charge in [0.2, 0.25) is 0 Å². The van der Waals surface area contributed by atoms with Crippen molar-refractivity contribution < 1.29 is 9.59 Å².